The highest BCUT2D eigenvalue weighted by Crippen LogP contribution is 2.33. The lowest BCUT2D eigenvalue weighted by molar-refractivity contribution is -0.122. The average Bonchev–Trinajstić information content (AvgIpc) is 3.52. The van der Waals surface area contributed by atoms with Gasteiger partial charge in [-0.15, -0.1) is 22.7 Å². The van der Waals surface area contributed by atoms with E-state index in [2.05, 4.69) is 5.32 Å². The van der Waals surface area contributed by atoms with Crippen LogP contribution in [0.25, 0.3) is 0 Å². The summed E-state index contributed by atoms with van der Waals surface area (Å²) < 4.78 is 0. The first-order chi connectivity index (χ1) is 15.9. The van der Waals surface area contributed by atoms with E-state index in [0.29, 0.717) is 11.4 Å². The number of nitrogens with zero attached hydrogens (tertiary/aromatic N) is 1. The number of amides is 2. The smallest absolute Gasteiger partial charge is 0.269 e. The summed E-state index contributed by atoms with van der Waals surface area (Å²) in [4.78, 5) is 30.9. The number of thiophene rings is 2. The van der Waals surface area contributed by atoms with Crippen LogP contribution in [0.15, 0.2) is 77.5 Å². The average molecular weight is 475 g/mol. The largest absolute Gasteiger partial charge is 0.349 e. The standard InChI is InChI=1S/C27H26N2O2S2/c1-18-9-12-21(13-10-18)25(26(30)28-17-22-6-4-14-32-22)29(27(31)24-7-5-15-33-24)23-16-19(2)8-11-20(23)3/h4-16,25H,17H2,1-3H3,(H,28,30). The van der Waals surface area contributed by atoms with Crippen molar-refractivity contribution in [2.75, 3.05) is 4.90 Å². The minimum atomic E-state index is -0.805. The van der Waals surface area contributed by atoms with E-state index in [0.717, 1.165) is 32.8 Å². The van der Waals surface area contributed by atoms with Crippen LogP contribution >= 0.6 is 22.7 Å². The highest BCUT2D eigenvalue weighted by Gasteiger charge is 2.34. The summed E-state index contributed by atoms with van der Waals surface area (Å²) in [5, 5.41) is 6.93. The van der Waals surface area contributed by atoms with Gasteiger partial charge in [-0.25, -0.2) is 0 Å². The predicted octanol–water partition coefficient (Wildman–Crippen LogP) is 6.44. The van der Waals surface area contributed by atoms with Crippen LogP contribution in [-0.4, -0.2) is 11.8 Å². The molecule has 6 heteroatoms. The number of rotatable bonds is 7. The third-order valence-corrected chi connectivity index (χ3v) is 7.23. The highest BCUT2D eigenvalue weighted by molar-refractivity contribution is 7.12. The summed E-state index contributed by atoms with van der Waals surface area (Å²) >= 11 is 2.98. The third kappa shape index (κ3) is 5.24. The normalized spacial score (nSPS) is 11.7. The summed E-state index contributed by atoms with van der Waals surface area (Å²) in [6.07, 6.45) is 0. The van der Waals surface area contributed by atoms with Gasteiger partial charge in [-0.05, 0) is 66.4 Å². The zero-order valence-corrected chi connectivity index (χ0v) is 20.5. The Labute approximate surface area is 202 Å². The molecule has 0 aliphatic rings. The minimum Gasteiger partial charge on any atom is -0.349 e. The molecule has 2 aromatic carbocycles. The summed E-state index contributed by atoms with van der Waals surface area (Å²) in [6.45, 7) is 6.40. The van der Waals surface area contributed by atoms with E-state index < -0.39 is 6.04 Å². The molecule has 0 radical (unpaired) electrons. The van der Waals surface area contributed by atoms with E-state index in [4.69, 9.17) is 0 Å². The van der Waals surface area contributed by atoms with Gasteiger partial charge in [0, 0.05) is 10.6 Å². The first-order valence-electron chi connectivity index (χ1n) is 10.7. The second kappa shape index (κ2) is 10.1. The van der Waals surface area contributed by atoms with E-state index in [9.17, 15) is 9.59 Å². The lowest BCUT2D eigenvalue weighted by atomic mass is 9.99. The zero-order chi connectivity index (χ0) is 23.4. The Kier molecular flexibility index (Phi) is 7.06. The maximum atomic E-state index is 13.8. The van der Waals surface area contributed by atoms with Crippen molar-refractivity contribution in [2.45, 2.75) is 33.4 Å². The molecule has 0 fully saturated rings. The van der Waals surface area contributed by atoms with E-state index in [1.165, 1.54) is 11.3 Å². The summed E-state index contributed by atoms with van der Waals surface area (Å²) in [7, 11) is 0. The number of aryl methyl sites for hydroxylation is 3. The van der Waals surface area contributed by atoms with Crippen molar-refractivity contribution >= 4 is 40.2 Å². The van der Waals surface area contributed by atoms with Gasteiger partial charge in [-0.3, -0.25) is 14.5 Å². The molecule has 4 nitrogen and oxygen atoms in total. The quantitative estimate of drug-likeness (QED) is 0.335. The first-order valence-corrected chi connectivity index (χ1v) is 12.5. The molecule has 2 heterocycles. The molecule has 0 saturated heterocycles. The van der Waals surface area contributed by atoms with Gasteiger partial charge in [0.25, 0.3) is 5.91 Å². The van der Waals surface area contributed by atoms with Crippen LogP contribution in [-0.2, 0) is 11.3 Å². The van der Waals surface area contributed by atoms with Crippen LogP contribution < -0.4 is 10.2 Å². The molecule has 2 amide bonds. The van der Waals surface area contributed by atoms with E-state index in [1.54, 1.807) is 22.3 Å². The number of hydrogen-bond donors (Lipinski definition) is 1. The number of anilines is 1. The van der Waals surface area contributed by atoms with Gasteiger partial charge in [0.15, 0.2) is 0 Å². The van der Waals surface area contributed by atoms with Crippen molar-refractivity contribution in [3.8, 4) is 0 Å². The molecular weight excluding hydrogens is 448 g/mol. The molecule has 0 bridgehead atoms. The monoisotopic (exact) mass is 474 g/mol. The van der Waals surface area contributed by atoms with Gasteiger partial charge in [0.1, 0.15) is 6.04 Å². The summed E-state index contributed by atoms with van der Waals surface area (Å²) in [6, 6.07) is 20.6. The van der Waals surface area contributed by atoms with E-state index in [-0.39, 0.29) is 11.8 Å². The fourth-order valence-corrected chi connectivity index (χ4v) is 5.02. The van der Waals surface area contributed by atoms with Crippen molar-refractivity contribution in [1.82, 2.24) is 5.32 Å². The predicted molar refractivity (Wildman–Crippen MR) is 137 cm³/mol. The van der Waals surface area contributed by atoms with Crippen LogP contribution in [0.3, 0.4) is 0 Å². The van der Waals surface area contributed by atoms with Crippen LogP contribution in [0.2, 0.25) is 0 Å². The third-order valence-electron chi connectivity index (χ3n) is 5.49. The number of carbonyl (C=O) groups excluding carboxylic acids is 2. The van der Waals surface area contributed by atoms with Crippen molar-refractivity contribution in [3.63, 3.8) is 0 Å². The molecule has 4 rings (SSSR count). The lowest BCUT2D eigenvalue weighted by Gasteiger charge is -2.32. The van der Waals surface area contributed by atoms with Crippen LogP contribution in [0, 0.1) is 20.8 Å². The Morgan fingerprint density at radius 1 is 0.879 bits per heavy atom. The number of carbonyl (C=O) groups is 2. The van der Waals surface area contributed by atoms with Gasteiger partial charge >= 0.3 is 0 Å². The van der Waals surface area contributed by atoms with Gasteiger partial charge in [-0.1, -0.05) is 54.1 Å². The molecule has 1 unspecified atom stereocenters. The summed E-state index contributed by atoms with van der Waals surface area (Å²) in [5.74, 6) is -0.395. The van der Waals surface area contributed by atoms with Crippen molar-refractivity contribution in [2.24, 2.45) is 0 Å². The molecule has 2 aromatic heterocycles. The first kappa shape index (κ1) is 23.0. The maximum absolute atomic E-state index is 13.8. The fourth-order valence-electron chi connectivity index (χ4n) is 3.71. The zero-order valence-electron chi connectivity index (χ0n) is 18.9. The molecule has 33 heavy (non-hydrogen) atoms. The van der Waals surface area contributed by atoms with Gasteiger partial charge < -0.3 is 5.32 Å². The molecule has 0 aliphatic carbocycles. The topological polar surface area (TPSA) is 49.4 Å². The van der Waals surface area contributed by atoms with Crippen molar-refractivity contribution in [1.29, 1.82) is 0 Å². The van der Waals surface area contributed by atoms with Crippen molar-refractivity contribution < 1.29 is 9.59 Å². The van der Waals surface area contributed by atoms with Crippen LogP contribution in [0.1, 0.15) is 42.8 Å². The van der Waals surface area contributed by atoms with Gasteiger partial charge in [0.05, 0.1) is 11.4 Å². The SMILES string of the molecule is Cc1ccc(C(C(=O)NCc2cccs2)N(C(=O)c2cccs2)c2cc(C)ccc2C)cc1. The molecule has 1 N–H and O–H groups in total. The number of benzene rings is 2. The Morgan fingerprint density at radius 2 is 1.58 bits per heavy atom. The highest BCUT2D eigenvalue weighted by atomic mass is 32.1. The molecular formula is C27H26N2O2S2. The van der Waals surface area contributed by atoms with Crippen molar-refractivity contribution in [3.05, 3.63) is 109 Å². The van der Waals surface area contributed by atoms with Crippen LogP contribution in [0.5, 0.6) is 0 Å². The maximum Gasteiger partial charge on any atom is 0.269 e. The Morgan fingerprint density at radius 3 is 2.24 bits per heavy atom. The molecule has 1 atom stereocenters. The Bertz CT molecular complexity index is 1230. The molecule has 168 valence electrons. The fraction of sp³-hybridized carbons (Fsp3) is 0.185. The lowest BCUT2D eigenvalue weighted by Crippen LogP contribution is -2.44. The van der Waals surface area contributed by atoms with Crippen LogP contribution in [0.4, 0.5) is 5.69 Å². The summed E-state index contributed by atoms with van der Waals surface area (Å²) in [5.41, 5.74) is 4.58. The van der Waals surface area contributed by atoms with E-state index >= 15 is 0 Å². The Balaban J connectivity index is 1.82. The second-order valence-electron chi connectivity index (χ2n) is 8.05. The number of hydrogen-bond acceptors (Lipinski definition) is 4. The number of nitrogens with one attached hydrogen (secondary N) is 1. The van der Waals surface area contributed by atoms with Gasteiger partial charge in [0.2, 0.25) is 5.91 Å². The van der Waals surface area contributed by atoms with Gasteiger partial charge in [-0.2, -0.15) is 0 Å². The molecule has 4 aromatic rings. The minimum absolute atomic E-state index is 0.185. The molecule has 0 saturated carbocycles. The molecule has 0 aliphatic heterocycles. The second-order valence-corrected chi connectivity index (χ2v) is 10.0. The van der Waals surface area contributed by atoms with E-state index in [1.807, 2.05) is 92.2 Å². The Hall–Kier alpha value is -3.22. The molecule has 0 spiro atoms.